The van der Waals surface area contributed by atoms with Gasteiger partial charge < -0.3 is 10.2 Å². The molecule has 0 aromatic carbocycles. The molecule has 1 aliphatic rings. The van der Waals surface area contributed by atoms with E-state index in [0.29, 0.717) is 25.0 Å². The van der Waals surface area contributed by atoms with E-state index in [2.05, 4.69) is 6.92 Å². The van der Waals surface area contributed by atoms with Gasteiger partial charge in [-0.15, -0.1) is 0 Å². The molecule has 1 rings (SSSR count). The molecule has 2 N–H and O–H groups in total. The maximum Gasteiger partial charge on any atom is 0.0459 e. The standard InChI is InChI=1S/C12H24O2/c1-2-3-4-10-5-11(8-13)7-12(6-10)9-14/h10-14H,2-9H2,1H3. The molecule has 0 bridgehead atoms. The molecule has 0 radical (unpaired) electrons. The lowest BCUT2D eigenvalue weighted by Crippen LogP contribution is -2.27. The van der Waals surface area contributed by atoms with Crippen LogP contribution in [-0.4, -0.2) is 23.4 Å². The zero-order valence-electron chi connectivity index (χ0n) is 9.28. The summed E-state index contributed by atoms with van der Waals surface area (Å²) in [5.41, 5.74) is 0. The molecule has 1 aliphatic carbocycles. The Kier molecular flexibility index (Phi) is 5.49. The zero-order chi connectivity index (χ0) is 10.4. The van der Waals surface area contributed by atoms with E-state index in [4.69, 9.17) is 10.2 Å². The van der Waals surface area contributed by atoms with Gasteiger partial charge in [-0.1, -0.05) is 26.2 Å². The van der Waals surface area contributed by atoms with Crippen LogP contribution in [0.2, 0.25) is 0 Å². The first-order chi connectivity index (χ1) is 6.80. The van der Waals surface area contributed by atoms with Crippen molar-refractivity contribution in [3.63, 3.8) is 0 Å². The predicted molar refractivity (Wildman–Crippen MR) is 58.0 cm³/mol. The molecule has 1 fully saturated rings. The quantitative estimate of drug-likeness (QED) is 0.714. The summed E-state index contributed by atoms with van der Waals surface area (Å²) in [7, 11) is 0. The van der Waals surface area contributed by atoms with E-state index in [9.17, 15) is 0 Å². The van der Waals surface area contributed by atoms with Crippen molar-refractivity contribution in [1.29, 1.82) is 0 Å². The molecule has 14 heavy (non-hydrogen) atoms. The second kappa shape index (κ2) is 6.41. The van der Waals surface area contributed by atoms with E-state index in [-0.39, 0.29) is 0 Å². The molecule has 84 valence electrons. The largest absolute Gasteiger partial charge is 0.396 e. The molecular weight excluding hydrogens is 176 g/mol. The minimum Gasteiger partial charge on any atom is -0.396 e. The average Bonchev–Trinajstić information content (AvgIpc) is 2.25. The first kappa shape index (κ1) is 12.0. The van der Waals surface area contributed by atoms with E-state index < -0.39 is 0 Å². The van der Waals surface area contributed by atoms with Crippen molar-refractivity contribution in [1.82, 2.24) is 0 Å². The van der Waals surface area contributed by atoms with Gasteiger partial charge in [0.2, 0.25) is 0 Å². The van der Waals surface area contributed by atoms with Crippen LogP contribution in [0.3, 0.4) is 0 Å². The summed E-state index contributed by atoms with van der Waals surface area (Å²) in [5, 5.41) is 18.3. The third kappa shape index (κ3) is 3.58. The van der Waals surface area contributed by atoms with Crippen LogP contribution in [0.15, 0.2) is 0 Å². The molecule has 2 unspecified atom stereocenters. The average molecular weight is 200 g/mol. The van der Waals surface area contributed by atoms with Gasteiger partial charge in [-0.3, -0.25) is 0 Å². The van der Waals surface area contributed by atoms with Gasteiger partial charge in [0.15, 0.2) is 0 Å². The van der Waals surface area contributed by atoms with Crippen LogP contribution >= 0.6 is 0 Å². The number of hydrogen-bond acceptors (Lipinski definition) is 2. The summed E-state index contributed by atoms with van der Waals surface area (Å²) in [4.78, 5) is 0. The normalized spacial score (nSPS) is 33.2. The molecule has 0 aromatic rings. The fraction of sp³-hybridized carbons (Fsp3) is 1.00. The highest BCUT2D eigenvalue weighted by Gasteiger charge is 2.27. The van der Waals surface area contributed by atoms with E-state index in [1.165, 1.54) is 32.1 Å². The van der Waals surface area contributed by atoms with Gasteiger partial charge in [0.25, 0.3) is 0 Å². The second-order valence-electron chi connectivity index (χ2n) is 4.81. The molecule has 0 saturated heterocycles. The molecule has 0 spiro atoms. The highest BCUT2D eigenvalue weighted by molar-refractivity contribution is 4.78. The predicted octanol–water partition coefficient (Wildman–Crippen LogP) is 2.19. The Morgan fingerprint density at radius 1 is 0.929 bits per heavy atom. The number of unbranched alkanes of at least 4 members (excludes halogenated alkanes) is 1. The van der Waals surface area contributed by atoms with Crippen molar-refractivity contribution in [3.8, 4) is 0 Å². The SMILES string of the molecule is CCCCC1CC(CO)CC(CO)C1. The summed E-state index contributed by atoms with van der Waals surface area (Å²) in [6.07, 6.45) is 7.20. The van der Waals surface area contributed by atoms with Gasteiger partial charge in [-0.25, -0.2) is 0 Å². The van der Waals surface area contributed by atoms with Gasteiger partial charge in [-0.05, 0) is 37.0 Å². The minimum absolute atomic E-state index is 0.305. The summed E-state index contributed by atoms with van der Waals surface area (Å²) in [6, 6.07) is 0. The van der Waals surface area contributed by atoms with Crippen LogP contribution in [0.4, 0.5) is 0 Å². The second-order valence-corrected chi connectivity index (χ2v) is 4.81. The lowest BCUT2D eigenvalue weighted by molar-refractivity contribution is 0.0866. The Labute approximate surface area is 87.3 Å². The fourth-order valence-electron chi connectivity index (χ4n) is 2.73. The molecule has 0 amide bonds. The van der Waals surface area contributed by atoms with Crippen molar-refractivity contribution in [2.75, 3.05) is 13.2 Å². The van der Waals surface area contributed by atoms with Crippen molar-refractivity contribution in [2.24, 2.45) is 17.8 Å². The van der Waals surface area contributed by atoms with E-state index in [0.717, 1.165) is 12.3 Å². The lowest BCUT2D eigenvalue weighted by atomic mass is 9.74. The first-order valence-corrected chi connectivity index (χ1v) is 6.01. The Balaban J connectivity index is 2.35. The maximum absolute atomic E-state index is 9.17. The highest BCUT2D eigenvalue weighted by Crippen LogP contribution is 2.35. The number of aliphatic hydroxyl groups is 2. The summed E-state index contributed by atoms with van der Waals surface area (Å²) in [5.74, 6) is 1.64. The van der Waals surface area contributed by atoms with Crippen molar-refractivity contribution >= 4 is 0 Å². The number of hydrogen-bond donors (Lipinski definition) is 2. The van der Waals surface area contributed by atoms with Crippen LogP contribution in [0, 0.1) is 17.8 Å². The zero-order valence-corrected chi connectivity index (χ0v) is 9.28. The van der Waals surface area contributed by atoms with Crippen molar-refractivity contribution in [2.45, 2.75) is 45.4 Å². The maximum atomic E-state index is 9.17. The minimum atomic E-state index is 0.305. The summed E-state index contributed by atoms with van der Waals surface area (Å²) in [6.45, 7) is 2.83. The van der Waals surface area contributed by atoms with Gasteiger partial charge in [0, 0.05) is 13.2 Å². The van der Waals surface area contributed by atoms with E-state index >= 15 is 0 Å². The molecule has 2 atom stereocenters. The van der Waals surface area contributed by atoms with Crippen molar-refractivity contribution < 1.29 is 10.2 Å². The topological polar surface area (TPSA) is 40.5 Å². The summed E-state index contributed by atoms with van der Waals surface area (Å²) < 4.78 is 0. The molecular formula is C12H24O2. The Hall–Kier alpha value is -0.0800. The Bertz CT molecular complexity index is 135. The molecule has 0 aromatic heterocycles. The molecule has 2 heteroatoms. The van der Waals surface area contributed by atoms with Crippen LogP contribution < -0.4 is 0 Å². The van der Waals surface area contributed by atoms with Gasteiger partial charge >= 0.3 is 0 Å². The van der Waals surface area contributed by atoms with Crippen LogP contribution in [0.25, 0.3) is 0 Å². The van der Waals surface area contributed by atoms with Crippen LogP contribution in [0.5, 0.6) is 0 Å². The van der Waals surface area contributed by atoms with Gasteiger partial charge in [0.05, 0.1) is 0 Å². The Morgan fingerprint density at radius 2 is 1.43 bits per heavy atom. The Morgan fingerprint density at radius 3 is 1.86 bits per heavy atom. The molecule has 2 nitrogen and oxygen atoms in total. The lowest BCUT2D eigenvalue weighted by Gasteiger charge is -2.33. The smallest absolute Gasteiger partial charge is 0.0459 e. The number of aliphatic hydroxyl groups excluding tert-OH is 2. The first-order valence-electron chi connectivity index (χ1n) is 6.01. The third-order valence-electron chi connectivity index (χ3n) is 3.48. The molecule has 1 saturated carbocycles. The summed E-state index contributed by atoms with van der Waals surface area (Å²) >= 11 is 0. The van der Waals surface area contributed by atoms with Crippen LogP contribution in [0.1, 0.15) is 45.4 Å². The van der Waals surface area contributed by atoms with Gasteiger partial charge in [0.1, 0.15) is 0 Å². The van der Waals surface area contributed by atoms with Gasteiger partial charge in [-0.2, -0.15) is 0 Å². The molecule has 0 aliphatic heterocycles. The fourth-order valence-corrected chi connectivity index (χ4v) is 2.73. The monoisotopic (exact) mass is 200 g/mol. The molecule has 0 heterocycles. The van der Waals surface area contributed by atoms with E-state index in [1.807, 2.05) is 0 Å². The van der Waals surface area contributed by atoms with Crippen LogP contribution in [-0.2, 0) is 0 Å². The van der Waals surface area contributed by atoms with Crippen molar-refractivity contribution in [3.05, 3.63) is 0 Å². The third-order valence-corrected chi connectivity index (χ3v) is 3.48. The number of rotatable bonds is 5. The highest BCUT2D eigenvalue weighted by atomic mass is 16.3. The van der Waals surface area contributed by atoms with E-state index in [1.54, 1.807) is 0 Å².